The molecule has 0 bridgehead atoms. The number of nitrogens with zero attached hydrogens (tertiary/aromatic N) is 2. The molecule has 0 aromatic heterocycles. The van der Waals surface area contributed by atoms with E-state index in [4.69, 9.17) is 0 Å². The summed E-state index contributed by atoms with van der Waals surface area (Å²) in [6.07, 6.45) is 7.24. The van der Waals surface area contributed by atoms with Crippen molar-refractivity contribution in [3.05, 3.63) is 65.4 Å². The van der Waals surface area contributed by atoms with Gasteiger partial charge in [0, 0.05) is 41.5 Å². The van der Waals surface area contributed by atoms with Gasteiger partial charge in [-0.15, -0.1) is 0 Å². The first kappa shape index (κ1) is 21.8. The van der Waals surface area contributed by atoms with Crippen LogP contribution in [-0.2, 0) is 11.2 Å². The summed E-state index contributed by atoms with van der Waals surface area (Å²) >= 11 is 0. The van der Waals surface area contributed by atoms with Crippen molar-refractivity contribution in [1.82, 2.24) is 4.90 Å². The van der Waals surface area contributed by atoms with Crippen molar-refractivity contribution in [3.8, 4) is 0 Å². The van der Waals surface area contributed by atoms with Crippen molar-refractivity contribution in [3.63, 3.8) is 0 Å². The highest BCUT2D eigenvalue weighted by atomic mass is 16.1. The second-order valence-electron chi connectivity index (χ2n) is 7.70. The summed E-state index contributed by atoms with van der Waals surface area (Å²) in [6, 6.07) is 6.46. The Balaban J connectivity index is 2.30. The molecule has 28 heavy (non-hydrogen) atoms. The zero-order valence-electron chi connectivity index (χ0n) is 17.8. The molecular formula is C24H32N2O2. The lowest BCUT2D eigenvalue weighted by atomic mass is 10.1. The van der Waals surface area contributed by atoms with E-state index in [0.29, 0.717) is 11.6 Å². The zero-order chi connectivity index (χ0) is 20.8. The molecule has 0 aliphatic carbocycles. The van der Waals surface area contributed by atoms with Gasteiger partial charge in [0.1, 0.15) is 0 Å². The Morgan fingerprint density at radius 3 is 2.57 bits per heavy atom. The number of allylic oxidation sites excluding steroid dienone is 5. The lowest BCUT2D eigenvalue weighted by molar-refractivity contribution is -0.113. The molecular weight excluding hydrogens is 348 g/mol. The molecule has 0 unspecified atom stereocenters. The number of carbonyl (C=O) groups is 2. The van der Waals surface area contributed by atoms with Gasteiger partial charge in [-0.2, -0.15) is 0 Å². The zero-order valence-corrected chi connectivity index (χ0v) is 17.8. The van der Waals surface area contributed by atoms with E-state index < -0.39 is 0 Å². The Morgan fingerprint density at radius 1 is 1.29 bits per heavy atom. The third kappa shape index (κ3) is 5.29. The van der Waals surface area contributed by atoms with E-state index in [1.165, 1.54) is 0 Å². The third-order valence-electron chi connectivity index (χ3n) is 5.35. The van der Waals surface area contributed by atoms with Crippen LogP contribution in [0.25, 0.3) is 0 Å². The maximum atomic E-state index is 11.8. The van der Waals surface area contributed by atoms with Gasteiger partial charge in [0.2, 0.25) is 0 Å². The SMILES string of the molecule is C=C/C(=C\C=C1/Cc2cc(C(C)=O)ccc2N1CCCN(C)C(C)C)C(C)=O. The average Bonchev–Trinajstić information content (AvgIpc) is 2.98. The summed E-state index contributed by atoms with van der Waals surface area (Å²) in [5, 5.41) is 0. The number of fused-ring (bicyclic) bond motifs is 1. The van der Waals surface area contributed by atoms with Crippen LogP contribution in [0.2, 0.25) is 0 Å². The fourth-order valence-electron chi connectivity index (χ4n) is 3.32. The van der Waals surface area contributed by atoms with Gasteiger partial charge in [0.05, 0.1) is 0 Å². The molecule has 0 atom stereocenters. The van der Waals surface area contributed by atoms with Crippen molar-refractivity contribution < 1.29 is 9.59 Å². The maximum absolute atomic E-state index is 11.8. The Labute approximate surface area is 169 Å². The van der Waals surface area contributed by atoms with Crippen molar-refractivity contribution in [2.75, 3.05) is 25.0 Å². The van der Waals surface area contributed by atoms with Crippen molar-refractivity contribution in [2.24, 2.45) is 0 Å². The molecule has 1 aliphatic heterocycles. The number of rotatable bonds is 9. The first-order chi connectivity index (χ1) is 13.2. The van der Waals surface area contributed by atoms with Gasteiger partial charge in [-0.3, -0.25) is 9.59 Å². The molecule has 0 saturated heterocycles. The predicted octanol–water partition coefficient (Wildman–Crippen LogP) is 4.57. The van der Waals surface area contributed by atoms with Crippen LogP contribution in [-0.4, -0.2) is 42.6 Å². The number of carbonyl (C=O) groups excluding carboxylic acids is 2. The van der Waals surface area contributed by atoms with E-state index in [9.17, 15) is 9.59 Å². The van der Waals surface area contributed by atoms with E-state index >= 15 is 0 Å². The number of benzene rings is 1. The third-order valence-corrected chi connectivity index (χ3v) is 5.35. The first-order valence-electron chi connectivity index (χ1n) is 9.90. The largest absolute Gasteiger partial charge is 0.344 e. The molecule has 1 aliphatic rings. The molecule has 1 aromatic carbocycles. The molecule has 0 radical (unpaired) electrons. The molecule has 4 nitrogen and oxygen atoms in total. The smallest absolute Gasteiger partial charge is 0.159 e. The Bertz CT molecular complexity index is 818. The van der Waals surface area contributed by atoms with Crippen molar-refractivity contribution >= 4 is 17.3 Å². The van der Waals surface area contributed by atoms with E-state index in [0.717, 1.165) is 48.4 Å². The number of Topliss-reactive ketones (excluding diaryl/α,β-unsaturated/α-hetero) is 2. The van der Waals surface area contributed by atoms with E-state index in [2.05, 4.69) is 37.3 Å². The molecule has 0 spiro atoms. The highest BCUT2D eigenvalue weighted by Crippen LogP contribution is 2.35. The predicted molar refractivity (Wildman–Crippen MR) is 117 cm³/mol. The van der Waals surface area contributed by atoms with Gasteiger partial charge in [0.25, 0.3) is 0 Å². The topological polar surface area (TPSA) is 40.6 Å². The number of hydrogen-bond acceptors (Lipinski definition) is 4. The van der Waals surface area contributed by atoms with E-state index in [1.807, 2.05) is 30.4 Å². The summed E-state index contributed by atoms with van der Waals surface area (Å²) in [5.41, 5.74) is 4.80. The molecule has 1 aromatic rings. The highest BCUT2D eigenvalue weighted by Gasteiger charge is 2.24. The lowest BCUT2D eigenvalue weighted by Gasteiger charge is -2.25. The molecule has 4 heteroatoms. The normalized spacial score (nSPS) is 15.5. The van der Waals surface area contributed by atoms with Crippen LogP contribution in [0.15, 0.2) is 54.3 Å². The van der Waals surface area contributed by atoms with Gasteiger partial charge in [0.15, 0.2) is 11.6 Å². The highest BCUT2D eigenvalue weighted by molar-refractivity contribution is 5.96. The summed E-state index contributed by atoms with van der Waals surface area (Å²) in [4.78, 5) is 28.1. The van der Waals surface area contributed by atoms with Crippen LogP contribution in [0.5, 0.6) is 0 Å². The molecule has 0 N–H and O–H groups in total. The maximum Gasteiger partial charge on any atom is 0.159 e. The quantitative estimate of drug-likeness (QED) is 0.357. The number of hydrogen-bond donors (Lipinski definition) is 0. The van der Waals surface area contributed by atoms with Gasteiger partial charge in [-0.25, -0.2) is 0 Å². The minimum atomic E-state index is 0.00587. The molecule has 0 fully saturated rings. The second-order valence-corrected chi connectivity index (χ2v) is 7.70. The Kier molecular flexibility index (Phi) is 7.53. The molecule has 0 amide bonds. The molecule has 150 valence electrons. The number of ketones is 2. The van der Waals surface area contributed by atoms with Crippen molar-refractivity contribution in [2.45, 2.75) is 46.6 Å². The summed E-state index contributed by atoms with van der Waals surface area (Å²) in [6.45, 7) is 13.2. The van der Waals surface area contributed by atoms with Crippen LogP contribution < -0.4 is 4.90 Å². The molecule has 0 saturated carbocycles. The fourth-order valence-corrected chi connectivity index (χ4v) is 3.32. The van der Waals surface area contributed by atoms with Gasteiger partial charge in [-0.1, -0.05) is 12.7 Å². The standard InChI is InChI=1S/C24H32N2O2/c1-7-20(18(4)27)9-11-23-16-22-15-21(19(5)28)10-12-24(22)26(23)14-8-13-25(6)17(2)3/h7,9-12,15,17H,1,8,13-14,16H2,2-6H3/b20-9+,23-11+. The van der Waals surface area contributed by atoms with Gasteiger partial charge >= 0.3 is 0 Å². The summed E-state index contributed by atoms with van der Waals surface area (Å²) in [5.74, 6) is 0.0853. The lowest BCUT2D eigenvalue weighted by Crippen LogP contribution is -2.30. The minimum absolute atomic E-state index is 0.00587. The van der Waals surface area contributed by atoms with E-state index in [-0.39, 0.29) is 11.6 Å². The van der Waals surface area contributed by atoms with Gasteiger partial charge < -0.3 is 9.80 Å². The van der Waals surface area contributed by atoms with Crippen LogP contribution in [0.3, 0.4) is 0 Å². The fraction of sp³-hybridized carbons (Fsp3) is 0.417. The van der Waals surface area contributed by atoms with Crippen molar-refractivity contribution in [1.29, 1.82) is 0 Å². The van der Waals surface area contributed by atoms with Crippen LogP contribution >= 0.6 is 0 Å². The minimum Gasteiger partial charge on any atom is -0.344 e. The monoisotopic (exact) mass is 380 g/mol. The Hall–Kier alpha value is -2.46. The summed E-state index contributed by atoms with van der Waals surface area (Å²) in [7, 11) is 2.14. The second kappa shape index (κ2) is 9.65. The first-order valence-corrected chi connectivity index (χ1v) is 9.90. The molecule has 1 heterocycles. The average molecular weight is 381 g/mol. The van der Waals surface area contributed by atoms with Crippen LogP contribution in [0.1, 0.15) is 50.0 Å². The number of anilines is 1. The van der Waals surface area contributed by atoms with Gasteiger partial charge in [-0.05, 0) is 83.6 Å². The Morgan fingerprint density at radius 2 is 2.00 bits per heavy atom. The van der Waals surface area contributed by atoms with Crippen LogP contribution in [0, 0.1) is 0 Å². The summed E-state index contributed by atoms with van der Waals surface area (Å²) < 4.78 is 0. The van der Waals surface area contributed by atoms with Crippen LogP contribution in [0.4, 0.5) is 5.69 Å². The molecule has 2 rings (SSSR count). The van der Waals surface area contributed by atoms with E-state index in [1.54, 1.807) is 19.9 Å².